The zero-order valence-corrected chi connectivity index (χ0v) is 9.91. The molecule has 1 heterocycles. The molecule has 88 valence electrons. The minimum atomic E-state index is -0.349. The van der Waals surface area contributed by atoms with E-state index in [9.17, 15) is 4.39 Å². The number of rotatable bonds is 3. The molecule has 5 heteroatoms. The summed E-state index contributed by atoms with van der Waals surface area (Å²) in [4.78, 5) is 7.82. The van der Waals surface area contributed by atoms with Crippen molar-refractivity contribution in [3.05, 3.63) is 41.6 Å². The molecular formula is C12H10ClFN2O. The summed E-state index contributed by atoms with van der Waals surface area (Å²) in [5.74, 6) is 0.224. The molecule has 0 amide bonds. The molecule has 0 spiro atoms. The topological polar surface area (TPSA) is 35.0 Å². The van der Waals surface area contributed by atoms with Crippen LogP contribution in [0.4, 0.5) is 4.39 Å². The van der Waals surface area contributed by atoms with Crippen LogP contribution in [-0.4, -0.2) is 16.6 Å². The van der Waals surface area contributed by atoms with E-state index in [-0.39, 0.29) is 11.1 Å². The molecule has 3 nitrogen and oxygen atoms in total. The minimum absolute atomic E-state index is 0.120. The second kappa shape index (κ2) is 5.10. The highest BCUT2D eigenvalue weighted by Crippen LogP contribution is 2.29. The van der Waals surface area contributed by atoms with Crippen molar-refractivity contribution in [2.45, 2.75) is 6.92 Å². The van der Waals surface area contributed by atoms with Gasteiger partial charge in [0, 0.05) is 11.8 Å². The first-order chi connectivity index (χ1) is 8.20. The molecule has 0 saturated heterocycles. The number of benzene rings is 1. The maximum atomic E-state index is 13.2. The molecule has 0 aliphatic heterocycles. The van der Waals surface area contributed by atoms with Crippen LogP contribution in [0.15, 0.2) is 30.5 Å². The largest absolute Gasteiger partial charge is 0.493 e. The Hall–Kier alpha value is -1.68. The molecule has 1 aromatic carbocycles. The lowest BCUT2D eigenvalue weighted by Gasteiger charge is -2.09. The molecule has 0 saturated carbocycles. The molecule has 1 aromatic heterocycles. The van der Waals surface area contributed by atoms with Crippen LogP contribution in [0.5, 0.6) is 5.75 Å². The molecule has 0 aliphatic rings. The fourth-order valence-electron chi connectivity index (χ4n) is 1.47. The van der Waals surface area contributed by atoms with Crippen LogP contribution in [0.1, 0.15) is 6.92 Å². The fraction of sp³-hybridized carbons (Fsp3) is 0.167. The minimum Gasteiger partial charge on any atom is -0.493 e. The summed E-state index contributed by atoms with van der Waals surface area (Å²) in [6.45, 7) is 2.36. The molecule has 17 heavy (non-hydrogen) atoms. The zero-order chi connectivity index (χ0) is 12.3. The van der Waals surface area contributed by atoms with Gasteiger partial charge in [-0.3, -0.25) is 0 Å². The van der Waals surface area contributed by atoms with Gasteiger partial charge >= 0.3 is 0 Å². The summed E-state index contributed by atoms with van der Waals surface area (Å²) in [5.41, 5.74) is 1.10. The predicted octanol–water partition coefficient (Wildman–Crippen LogP) is 3.33. The van der Waals surface area contributed by atoms with E-state index in [0.717, 1.165) is 0 Å². The Balaban J connectivity index is 2.52. The average molecular weight is 253 g/mol. The molecule has 0 aliphatic carbocycles. The maximum absolute atomic E-state index is 13.2. The highest BCUT2D eigenvalue weighted by molar-refractivity contribution is 6.28. The third-order valence-electron chi connectivity index (χ3n) is 2.14. The number of aromatic nitrogens is 2. The van der Waals surface area contributed by atoms with Crippen molar-refractivity contribution in [2.75, 3.05) is 6.61 Å². The summed E-state index contributed by atoms with van der Waals surface area (Å²) >= 11 is 5.71. The number of hydrogen-bond donors (Lipinski definition) is 0. The van der Waals surface area contributed by atoms with Gasteiger partial charge in [0.2, 0.25) is 5.28 Å². The van der Waals surface area contributed by atoms with E-state index in [4.69, 9.17) is 16.3 Å². The molecule has 0 atom stereocenters. The lowest BCUT2D eigenvalue weighted by molar-refractivity contribution is 0.341. The van der Waals surface area contributed by atoms with Gasteiger partial charge in [-0.2, -0.15) is 0 Å². The lowest BCUT2D eigenvalue weighted by Crippen LogP contribution is -1.96. The van der Waals surface area contributed by atoms with E-state index in [0.29, 0.717) is 23.6 Å². The van der Waals surface area contributed by atoms with Gasteiger partial charge in [0.15, 0.2) is 0 Å². The molecule has 0 N–H and O–H groups in total. The third kappa shape index (κ3) is 2.71. The Labute approximate surface area is 103 Å². The van der Waals surface area contributed by atoms with Gasteiger partial charge in [-0.1, -0.05) is 0 Å². The number of nitrogens with zero attached hydrogens (tertiary/aromatic N) is 2. The van der Waals surface area contributed by atoms with E-state index >= 15 is 0 Å². The molecule has 0 fully saturated rings. The third-order valence-corrected chi connectivity index (χ3v) is 2.33. The Morgan fingerprint density at radius 3 is 2.88 bits per heavy atom. The van der Waals surface area contributed by atoms with Gasteiger partial charge in [0.1, 0.15) is 11.6 Å². The molecule has 2 aromatic rings. The van der Waals surface area contributed by atoms with Crippen LogP contribution in [0.3, 0.4) is 0 Å². The predicted molar refractivity (Wildman–Crippen MR) is 63.6 cm³/mol. The SMILES string of the molecule is CCOc1ccc(F)cc1-c1ccnc(Cl)n1. The lowest BCUT2D eigenvalue weighted by atomic mass is 10.1. The molecule has 0 bridgehead atoms. The standard InChI is InChI=1S/C12H10ClFN2O/c1-2-17-11-4-3-8(14)7-9(11)10-5-6-15-12(13)16-10/h3-7H,2H2,1H3. The van der Waals surface area contributed by atoms with Crippen LogP contribution in [0.2, 0.25) is 5.28 Å². The first-order valence-corrected chi connectivity index (χ1v) is 5.49. The van der Waals surface area contributed by atoms with E-state index in [2.05, 4.69) is 9.97 Å². The summed E-state index contributed by atoms with van der Waals surface area (Å²) in [6.07, 6.45) is 1.52. The van der Waals surface area contributed by atoms with Crippen molar-refractivity contribution >= 4 is 11.6 Å². The monoisotopic (exact) mass is 252 g/mol. The van der Waals surface area contributed by atoms with Crippen LogP contribution >= 0.6 is 11.6 Å². The number of halogens is 2. The fourth-order valence-corrected chi connectivity index (χ4v) is 1.62. The highest BCUT2D eigenvalue weighted by Gasteiger charge is 2.09. The summed E-state index contributed by atoms with van der Waals surface area (Å²) in [6, 6.07) is 5.94. The van der Waals surface area contributed by atoms with Crippen LogP contribution in [0.25, 0.3) is 11.3 Å². The Morgan fingerprint density at radius 1 is 1.35 bits per heavy atom. The van der Waals surface area contributed by atoms with Gasteiger partial charge in [0.25, 0.3) is 0 Å². The van der Waals surface area contributed by atoms with E-state index in [1.54, 1.807) is 12.1 Å². The van der Waals surface area contributed by atoms with Crippen molar-refractivity contribution in [3.8, 4) is 17.0 Å². The zero-order valence-electron chi connectivity index (χ0n) is 9.15. The second-order valence-electron chi connectivity index (χ2n) is 3.28. The molecule has 0 unspecified atom stereocenters. The first-order valence-electron chi connectivity index (χ1n) is 5.12. The van der Waals surface area contributed by atoms with Crippen molar-refractivity contribution in [1.29, 1.82) is 0 Å². The van der Waals surface area contributed by atoms with Gasteiger partial charge in [-0.15, -0.1) is 0 Å². The molecule has 2 rings (SSSR count). The quantitative estimate of drug-likeness (QED) is 0.786. The second-order valence-corrected chi connectivity index (χ2v) is 3.62. The highest BCUT2D eigenvalue weighted by atomic mass is 35.5. The summed E-state index contributed by atoms with van der Waals surface area (Å²) in [7, 11) is 0. The van der Waals surface area contributed by atoms with Crippen LogP contribution in [0, 0.1) is 5.82 Å². The van der Waals surface area contributed by atoms with Crippen molar-refractivity contribution in [2.24, 2.45) is 0 Å². The van der Waals surface area contributed by atoms with Crippen molar-refractivity contribution in [1.82, 2.24) is 9.97 Å². The van der Waals surface area contributed by atoms with E-state index < -0.39 is 0 Å². The Morgan fingerprint density at radius 2 is 2.18 bits per heavy atom. The number of hydrogen-bond acceptors (Lipinski definition) is 3. The number of ether oxygens (including phenoxy) is 1. The van der Waals surface area contributed by atoms with E-state index in [1.165, 1.54) is 18.3 Å². The Bertz CT molecular complexity index is 534. The van der Waals surface area contributed by atoms with Gasteiger partial charge in [-0.25, -0.2) is 14.4 Å². The Kier molecular flexibility index (Phi) is 3.54. The van der Waals surface area contributed by atoms with E-state index in [1.807, 2.05) is 6.92 Å². The van der Waals surface area contributed by atoms with Gasteiger partial charge < -0.3 is 4.74 Å². The van der Waals surface area contributed by atoms with Gasteiger partial charge in [-0.05, 0) is 42.8 Å². The van der Waals surface area contributed by atoms with Crippen molar-refractivity contribution < 1.29 is 9.13 Å². The van der Waals surface area contributed by atoms with Crippen LogP contribution < -0.4 is 4.74 Å². The summed E-state index contributed by atoms with van der Waals surface area (Å²) in [5, 5.41) is 0.120. The smallest absolute Gasteiger partial charge is 0.222 e. The molecular weight excluding hydrogens is 243 g/mol. The first kappa shape index (κ1) is 11.8. The molecule has 0 radical (unpaired) electrons. The maximum Gasteiger partial charge on any atom is 0.222 e. The summed E-state index contributed by atoms with van der Waals surface area (Å²) < 4.78 is 18.7. The van der Waals surface area contributed by atoms with Crippen molar-refractivity contribution in [3.63, 3.8) is 0 Å². The average Bonchev–Trinajstić information content (AvgIpc) is 2.32. The van der Waals surface area contributed by atoms with Gasteiger partial charge in [0.05, 0.1) is 12.3 Å². The van der Waals surface area contributed by atoms with Crippen LogP contribution in [-0.2, 0) is 0 Å². The normalized spacial score (nSPS) is 10.3.